The van der Waals surface area contributed by atoms with Gasteiger partial charge in [0.05, 0.1) is 11.6 Å². The fourth-order valence-corrected chi connectivity index (χ4v) is 1.26. The Bertz CT molecular complexity index is 404. The van der Waals surface area contributed by atoms with Crippen LogP contribution < -0.4 is 10.6 Å². The van der Waals surface area contributed by atoms with Crippen LogP contribution >= 0.6 is 0 Å². The van der Waals surface area contributed by atoms with Crippen molar-refractivity contribution in [1.29, 1.82) is 5.26 Å². The first-order valence-electron chi connectivity index (χ1n) is 5.65. The highest BCUT2D eigenvalue weighted by Crippen LogP contribution is 2.07. The van der Waals surface area contributed by atoms with Gasteiger partial charge in [-0.2, -0.15) is 5.26 Å². The maximum Gasteiger partial charge on any atom is 0.222 e. The molecule has 0 aliphatic heterocycles. The first-order valence-corrected chi connectivity index (χ1v) is 5.65. The van der Waals surface area contributed by atoms with Crippen molar-refractivity contribution in [3.8, 4) is 6.07 Å². The van der Waals surface area contributed by atoms with Crippen LogP contribution in [0.3, 0.4) is 0 Å². The van der Waals surface area contributed by atoms with Gasteiger partial charge in [-0.3, -0.25) is 4.79 Å². The summed E-state index contributed by atoms with van der Waals surface area (Å²) in [5, 5.41) is 14.6. The summed E-state index contributed by atoms with van der Waals surface area (Å²) in [6.07, 6.45) is 0. The molecule has 0 bridgehead atoms. The van der Waals surface area contributed by atoms with Crippen molar-refractivity contribution in [2.75, 3.05) is 18.4 Å². The molecule has 0 atom stereocenters. The second-order valence-electron chi connectivity index (χ2n) is 4.06. The topological polar surface area (TPSA) is 64.9 Å². The molecule has 1 amide bonds. The zero-order valence-corrected chi connectivity index (χ0v) is 10.2. The molecule has 0 unspecified atom stereocenters. The van der Waals surface area contributed by atoms with Crippen molar-refractivity contribution in [2.45, 2.75) is 13.8 Å². The number of amides is 1. The smallest absolute Gasteiger partial charge is 0.222 e. The van der Waals surface area contributed by atoms with Crippen LogP contribution in [0.5, 0.6) is 0 Å². The normalized spacial score (nSPS) is 9.76. The van der Waals surface area contributed by atoms with Crippen LogP contribution in [0.1, 0.15) is 19.4 Å². The fraction of sp³-hybridized carbons (Fsp3) is 0.385. The lowest BCUT2D eigenvalue weighted by atomic mass is 10.2. The van der Waals surface area contributed by atoms with Gasteiger partial charge in [-0.15, -0.1) is 0 Å². The van der Waals surface area contributed by atoms with Crippen LogP contribution in [0.25, 0.3) is 0 Å². The third-order valence-corrected chi connectivity index (χ3v) is 2.29. The molecule has 0 fully saturated rings. The lowest BCUT2D eigenvalue weighted by Crippen LogP contribution is -2.31. The number of nitrogens with one attached hydrogen (secondary N) is 2. The molecule has 0 aliphatic carbocycles. The second kappa shape index (κ2) is 6.54. The quantitative estimate of drug-likeness (QED) is 0.759. The summed E-state index contributed by atoms with van der Waals surface area (Å²) in [5.41, 5.74) is 1.59. The molecule has 0 saturated heterocycles. The number of nitriles is 1. The number of anilines is 1. The molecule has 1 aromatic rings. The Labute approximate surface area is 102 Å². The van der Waals surface area contributed by atoms with E-state index in [2.05, 4.69) is 16.7 Å². The molecule has 4 nitrogen and oxygen atoms in total. The summed E-state index contributed by atoms with van der Waals surface area (Å²) in [6, 6.07) is 9.28. The number of carbonyl (C=O) groups is 1. The van der Waals surface area contributed by atoms with Gasteiger partial charge >= 0.3 is 0 Å². The lowest BCUT2D eigenvalue weighted by molar-refractivity contribution is -0.123. The van der Waals surface area contributed by atoms with E-state index < -0.39 is 0 Å². The second-order valence-corrected chi connectivity index (χ2v) is 4.06. The molecule has 0 aromatic heterocycles. The van der Waals surface area contributed by atoms with E-state index in [4.69, 9.17) is 5.26 Å². The molecule has 17 heavy (non-hydrogen) atoms. The number of nitrogens with zero attached hydrogens (tertiary/aromatic N) is 1. The molecule has 0 radical (unpaired) electrons. The average molecular weight is 231 g/mol. The van der Waals surface area contributed by atoms with Crippen molar-refractivity contribution < 1.29 is 4.79 Å². The molecule has 4 heteroatoms. The van der Waals surface area contributed by atoms with E-state index in [1.807, 2.05) is 26.0 Å². The maximum absolute atomic E-state index is 11.3. The minimum absolute atomic E-state index is 0.0184. The summed E-state index contributed by atoms with van der Waals surface area (Å²) in [7, 11) is 0. The van der Waals surface area contributed by atoms with Gasteiger partial charge in [-0.25, -0.2) is 0 Å². The Morgan fingerprint density at radius 3 is 2.47 bits per heavy atom. The molecular formula is C13H17N3O. The van der Waals surface area contributed by atoms with Gasteiger partial charge in [0.15, 0.2) is 0 Å². The van der Waals surface area contributed by atoms with E-state index in [9.17, 15) is 4.79 Å². The molecule has 0 saturated carbocycles. The van der Waals surface area contributed by atoms with Crippen LogP contribution in [-0.4, -0.2) is 19.0 Å². The average Bonchev–Trinajstić information content (AvgIpc) is 2.35. The zero-order valence-electron chi connectivity index (χ0n) is 10.2. The summed E-state index contributed by atoms with van der Waals surface area (Å²) >= 11 is 0. The summed E-state index contributed by atoms with van der Waals surface area (Å²) in [4.78, 5) is 11.3. The van der Waals surface area contributed by atoms with E-state index in [0.717, 1.165) is 5.69 Å². The number of hydrogen-bond acceptors (Lipinski definition) is 3. The van der Waals surface area contributed by atoms with Crippen LogP contribution in [0, 0.1) is 17.2 Å². The highest BCUT2D eigenvalue weighted by molar-refractivity contribution is 5.77. The molecule has 1 rings (SSSR count). The van der Waals surface area contributed by atoms with Crippen LogP contribution in [0.2, 0.25) is 0 Å². The SMILES string of the molecule is CC(C)C(=O)NCCNc1ccc(C#N)cc1. The first kappa shape index (κ1) is 13.0. The molecule has 2 N–H and O–H groups in total. The number of benzene rings is 1. The van der Waals surface area contributed by atoms with E-state index in [0.29, 0.717) is 18.7 Å². The maximum atomic E-state index is 11.3. The third kappa shape index (κ3) is 4.56. The minimum Gasteiger partial charge on any atom is -0.383 e. The monoisotopic (exact) mass is 231 g/mol. The highest BCUT2D eigenvalue weighted by atomic mass is 16.1. The highest BCUT2D eigenvalue weighted by Gasteiger charge is 2.04. The molecular weight excluding hydrogens is 214 g/mol. The Balaban J connectivity index is 2.27. The van der Waals surface area contributed by atoms with E-state index in [1.165, 1.54) is 0 Å². The van der Waals surface area contributed by atoms with Crippen molar-refractivity contribution in [3.63, 3.8) is 0 Å². The number of carbonyl (C=O) groups excluding carboxylic acids is 1. The van der Waals surface area contributed by atoms with Gasteiger partial charge in [0.25, 0.3) is 0 Å². The third-order valence-electron chi connectivity index (χ3n) is 2.29. The Kier molecular flexibility index (Phi) is 5.02. The Morgan fingerprint density at radius 1 is 1.29 bits per heavy atom. The lowest BCUT2D eigenvalue weighted by Gasteiger charge is -2.09. The van der Waals surface area contributed by atoms with Crippen molar-refractivity contribution in [3.05, 3.63) is 29.8 Å². The largest absolute Gasteiger partial charge is 0.383 e. The van der Waals surface area contributed by atoms with Gasteiger partial charge in [-0.1, -0.05) is 13.8 Å². The van der Waals surface area contributed by atoms with Gasteiger partial charge in [0, 0.05) is 24.7 Å². The molecule has 0 aliphatic rings. The van der Waals surface area contributed by atoms with Gasteiger partial charge in [0.2, 0.25) is 5.91 Å². The van der Waals surface area contributed by atoms with Gasteiger partial charge in [-0.05, 0) is 24.3 Å². The van der Waals surface area contributed by atoms with Gasteiger partial charge < -0.3 is 10.6 Å². The Hall–Kier alpha value is -2.02. The van der Waals surface area contributed by atoms with Crippen molar-refractivity contribution >= 4 is 11.6 Å². The summed E-state index contributed by atoms with van der Waals surface area (Å²) < 4.78 is 0. The molecule has 0 spiro atoms. The predicted molar refractivity (Wildman–Crippen MR) is 67.5 cm³/mol. The number of rotatable bonds is 5. The minimum atomic E-state index is 0.0184. The Morgan fingerprint density at radius 2 is 1.94 bits per heavy atom. The van der Waals surface area contributed by atoms with E-state index in [-0.39, 0.29) is 11.8 Å². The van der Waals surface area contributed by atoms with Crippen molar-refractivity contribution in [2.24, 2.45) is 5.92 Å². The zero-order chi connectivity index (χ0) is 12.7. The molecule has 0 heterocycles. The van der Waals surface area contributed by atoms with Crippen LogP contribution in [0.15, 0.2) is 24.3 Å². The van der Waals surface area contributed by atoms with Crippen LogP contribution in [-0.2, 0) is 4.79 Å². The fourth-order valence-electron chi connectivity index (χ4n) is 1.26. The number of hydrogen-bond donors (Lipinski definition) is 2. The van der Waals surface area contributed by atoms with Crippen LogP contribution in [0.4, 0.5) is 5.69 Å². The van der Waals surface area contributed by atoms with E-state index >= 15 is 0 Å². The molecule has 1 aromatic carbocycles. The first-order chi connectivity index (χ1) is 8.13. The predicted octanol–water partition coefficient (Wildman–Crippen LogP) is 1.74. The van der Waals surface area contributed by atoms with Crippen molar-refractivity contribution in [1.82, 2.24) is 5.32 Å². The van der Waals surface area contributed by atoms with E-state index in [1.54, 1.807) is 12.1 Å². The van der Waals surface area contributed by atoms with Gasteiger partial charge in [0.1, 0.15) is 0 Å². The summed E-state index contributed by atoms with van der Waals surface area (Å²) in [6.45, 7) is 4.99. The molecule has 90 valence electrons. The standard InChI is InChI=1S/C13H17N3O/c1-10(2)13(17)16-8-7-15-12-5-3-11(9-14)4-6-12/h3-6,10,15H,7-8H2,1-2H3,(H,16,17). The summed E-state index contributed by atoms with van der Waals surface area (Å²) in [5.74, 6) is 0.0801.